The second-order valence-electron chi connectivity index (χ2n) is 4.38. The lowest BCUT2D eigenvalue weighted by Gasteiger charge is -2.08. The van der Waals surface area contributed by atoms with Gasteiger partial charge in [-0.2, -0.15) is 0 Å². The molecule has 0 fully saturated rings. The van der Waals surface area contributed by atoms with Crippen LogP contribution >= 0.6 is 15.9 Å². The third-order valence-corrected chi connectivity index (χ3v) is 5.19. The summed E-state index contributed by atoms with van der Waals surface area (Å²) in [7, 11) is -3.47. The molecule has 1 heterocycles. The van der Waals surface area contributed by atoms with Gasteiger partial charge in [-0.15, -0.1) is 0 Å². The molecular formula is C14H15BrN2O2S. The number of nitrogens with zero attached hydrogens (tertiary/aromatic N) is 1. The maximum Gasteiger partial charge on any atom is 0.240 e. The van der Waals surface area contributed by atoms with Crippen molar-refractivity contribution >= 4 is 26.0 Å². The van der Waals surface area contributed by atoms with E-state index in [-0.39, 0.29) is 4.90 Å². The molecule has 4 nitrogen and oxygen atoms in total. The van der Waals surface area contributed by atoms with Crippen LogP contribution in [-0.4, -0.2) is 19.9 Å². The van der Waals surface area contributed by atoms with E-state index < -0.39 is 10.0 Å². The van der Waals surface area contributed by atoms with Gasteiger partial charge < -0.3 is 0 Å². The molecule has 20 heavy (non-hydrogen) atoms. The summed E-state index contributed by atoms with van der Waals surface area (Å²) >= 11 is 3.36. The van der Waals surface area contributed by atoms with Gasteiger partial charge in [-0.1, -0.05) is 22.0 Å². The Bertz CT molecular complexity index is 688. The zero-order valence-electron chi connectivity index (χ0n) is 11.0. The van der Waals surface area contributed by atoms with Crippen LogP contribution in [0.25, 0.3) is 0 Å². The summed E-state index contributed by atoms with van der Waals surface area (Å²) in [5, 5.41) is 0. The fourth-order valence-corrected chi connectivity index (χ4v) is 3.09. The van der Waals surface area contributed by atoms with Gasteiger partial charge in [0.15, 0.2) is 0 Å². The maximum absolute atomic E-state index is 12.1. The van der Waals surface area contributed by atoms with E-state index >= 15 is 0 Å². The monoisotopic (exact) mass is 354 g/mol. The molecular weight excluding hydrogens is 340 g/mol. The first kappa shape index (κ1) is 15.2. The number of aryl methyl sites for hydroxylation is 1. The Morgan fingerprint density at radius 2 is 2.05 bits per heavy atom. The quantitative estimate of drug-likeness (QED) is 0.897. The predicted octanol–water partition coefficient (Wildman–Crippen LogP) is 2.67. The minimum Gasteiger partial charge on any atom is -0.261 e. The summed E-state index contributed by atoms with van der Waals surface area (Å²) in [6, 6.07) is 10.6. The predicted molar refractivity (Wildman–Crippen MR) is 82.0 cm³/mol. The molecule has 0 aliphatic heterocycles. The summed E-state index contributed by atoms with van der Waals surface area (Å²) in [6.45, 7) is 2.19. The van der Waals surface area contributed by atoms with Gasteiger partial charge in [0.1, 0.15) is 0 Å². The van der Waals surface area contributed by atoms with Crippen LogP contribution < -0.4 is 4.72 Å². The molecule has 0 radical (unpaired) electrons. The van der Waals surface area contributed by atoms with E-state index in [1.807, 2.05) is 25.1 Å². The second-order valence-corrected chi connectivity index (χ2v) is 7.00. The largest absolute Gasteiger partial charge is 0.261 e. The van der Waals surface area contributed by atoms with Gasteiger partial charge in [0.25, 0.3) is 0 Å². The van der Waals surface area contributed by atoms with E-state index in [9.17, 15) is 8.42 Å². The molecule has 0 aliphatic carbocycles. The first-order valence-electron chi connectivity index (χ1n) is 6.15. The third-order valence-electron chi connectivity index (χ3n) is 2.84. The van der Waals surface area contributed by atoms with E-state index in [4.69, 9.17) is 0 Å². The van der Waals surface area contributed by atoms with Gasteiger partial charge in [-0.25, -0.2) is 13.1 Å². The molecule has 6 heteroatoms. The molecule has 0 bridgehead atoms. The fourth-order valence-electron chi connectivity index (χ4n) is 1.73. The van der Waals surface area contributed by atoms with Gasteiger partial charge >= 0.3 is 0 Å². The van der Waals surface area contributed by atoms with Crippen LogP contribution in [0.1, 0.15) is 11.3 Å². The summed E-state index contributed by atoms with van der Waals surface area (Å²) in [5.74, 6) is 0. The van der Waals surface area contributed by atoms with Crippen molar-refractivity contribution in [2.75, 3.05) is 6.54 Å². The molecule has 0 unspecified atom stereocenters. The first-order chi connectivity index (χ1) is 9.49. The lowest BCUT2D eigenvalue weighted by molar-refractivity contribution is 0.581. The fraction of sp³-hybridized carbons (Fsp3) is 0.214. The highest BCUT2D eigenvalue weighted by Crippen LogP contribution is 2.19. The molecule has 0 saturated heterocycles. The standard InChI is InChI=1S/C14H15BrN2O2S/c1-11-10-13(5-6-14(11)15)20(18,19)17-9-7-12-4-2-3-8-16-12/h2-6,8,10,17H,7,9H2,1H3. The molecule has 1 aromatic carbocycles. The van der Waals surface area contributed by atoms with E-state index in [1.165, 1.54) is 0 Å². The lowest BCUT2D eigenvalue weighted by Crippen LogP contribution is -2.26. The first-order valence-corrected chi connectivity index (χ1v) is 8.42. The van der Waals surface area contributed by atoms with Crippen LogP contribution in [0.15, 0.2) is 52.0 Å². The van der Waals surface area contributed by atoms with Crippen LogP contribution in [0.3, 0.4) is 0 Å². The van der Waals surface area contributed by atoms with Crippen molar-refractivity contribution in [2.45, 2.75) is 18.2 Å². The molecule has 1 aromatic heterocycles. The summed E-state index contributed by atoms with van der Waals surface area (Å²) < 4.78 is 27.8. The van der Waals surface area contributed by atoms with Crippen molar-refractivity contribution in [3.8, 4) is 0 Å². The van der Waals surface area contributed by atoms with Crippen LogP contribution in [0, 0.1) is 6.92 Å². The molecule has 2 rings (SSSR count). The van der Waals surface area contributed by atoms with E-state index in [0.29, 0.717) is 13.0 Å². The van der Waals surface area contributed by atoms with Gasteiger partial charge in [0.2, 0.25) is 10.0 Å². The van der Waals surface area contributed by atoms with Gasteiger partial charge in [-0.05, 0) is 42.8 Å². The number of pyridine rings is 1. The molecule has 106 valence electrons. The topological polar surface area (TPSA) is 59.1 Å². The Balaban J connectivity index is 2.02. The number of benzene rings is 1. The van der Waals surface area contributed by atoms with Crippen molar-refractivity contribution in [1.29, 1.82) is 0 Å². The summed E-state index contributed by atoms with van der Waals surface area (Å²) in [6.07, 6.45) is 2.26. The molecule has 0 atom stereocenters. The lowest BCUT2D eigenvalue weighted by atomic mass is 10.2. The molecule has 0 saturated carbocycles. The molecule has 0 spiro atoms. The van der Waals surface area contributed by atoms with Gasteiger partial charge in [0.05, 0.1) is 4.90 Å². The van der Waals surface area contributed by atoms with Crippen molar-refractivity contribution in [3.63, 3.8) is 0 Å². The zero-order chi connectivity index (χ0) is 14.6. The van der Waals surface area contributed by atoms with E-state index in [1.54, 1.807) is 24.4 Å². The van der Waals surface area contributed by atoms with Crippen molar-refractivity contribution in [3.05, 3.63) is 58.3 Å². The third kappa shape index (κ3) is 3.88. The normalized spacial score (nSPS) is 11.5. The molecule has 0 amide bonds. The minimum absolute atomic E-state index is 0.277. The number of sulfonamides is 1. The van der Waals surface area contributed by atoms with Crippen molar-refractivity contribution in [1.82, 2.24) is 9.71 Å². The van der Waals surface area contributed by atoms with Crippen LogP contribution in [-0.2, 0) is 16.4 Å². The average Bonchev–Trinajstić information content (AvgIpc) is 2.43. The van der Waals surface area contributed by atoms with E-state index in [2.05, 4.69) is 25.6 Å². The number of hydrogen-bond donors (Lipinski definition) is 1. The number of rotatable bonds is 5. The second kappa shape index (κ2) is 6.47. The Hall–Kier alpha value is -1.24. The summed E-state index contributed by atoms with van der Waals surface area (Å²) in [5.41, 5.74) is 1.75. The highest BCUT2D eigenvalue weighted by molar-refractivity contribution is 9.10. The van der Waals surface area contributed by atoms with Crippen LogP contribution in [0.4, 0.5) is 0 Å². The number of nitrogens with one attached hydrogen (secondary N) is 1. The highest BCUT2D eigenvalue weighted by atomic mass is 79.9. The molecule has 1 N–H and O–H groups in total. The Morgan fingerprint density at radius 3 is 2.70 bits per heavy atom. The van der Waals surface area contributed by atoms with Crippen LogP contribution in [0.2, 0.25) is 0 Å². The average molecular weight is 355 g/mol. The summed E-state index contributed by atoms with van der Waals surface area (Å²) in [4.78, 5) is 4.43. The molecule has 0 aliphatic rings. The highest BCUT2D eigenvalue weighted by Gasteiger charge is 2.14. The minimum atomic E-state index is -3.47. The Morgan fingerprint density at radius 1 is 1.25 bits per heavy atom. The Labute approximate surface area is 127 Å². The smallest absolute Gasteiger partial charge is 0.240 e. The van der Waals surface area contributed by atoms with Crippen LogP contribution in [0.5, 0.6) is 0 Å². The molecule has 2 aromatic rings. The SMILES string of the molecule is Cc1cc(S(=O)(=O)NCCc2ccccn2)ccc1Br. The van der Waals surface area contributed by atoms with E-state index in [0.717, 1.165) is 15.7 Å². The number of aromatic nitrogens is 1. The number of halogens is 1. The van der Waals surface area contributed by atoms with Crippen molar-refractivity contribution in [2.24, 2.45) is 0 Å². The Kier molecular flexibility index (Phi) is 4.91. The maximum atomic E-state index is 12.1. The zero-order valence-corrected chi connectivity index (χ0v) is 13.4. The van der Waals surface area contributed by atoms with Gasteiger partial charge in [-0.3, -0.25) is 4.98 Å². The van der Waals surface area contributed by atoms with Crippen molar-refractivity contribution < 1.29 is 8.42 Å². The van der Waals surface area contributed by atoms with Gasteiger partial charge in [0, 0.05) is 29.3 Å². The number of hydrogen-bond acceptors (Lipinski definition) is 3.